The van der Waals surface area contributed by atoms with Crippen LogP contribution in [-0.2, 0) is 4.74 Å². The third-order valence-corrected chi connectivity index (χ3v) is 9.57. The van der Waals surface area contributed by atoms with Gasteiger partial charge in [-0.3, -0.25) is 0 Å². The Kier molecular flexibility index (Phi) is 2.23. The van der Waals surface area contributed by atoms with Crippen molar-refractivity contribution in [1.82, 2.24) is 0 Å². The first-order chi connectivity index (χ1) is 8.92. The molecule has 0 radical (unpaired) electrons. The van der Waals surface area contributed by atoms with Crippen LogP contribution < -0.4 is 10.4 Å². The molecule has 0 bridgehead atoms. The quantitative estimate of drug-likeness (QED) is 0.654. The Labute approximate surface area is 108 Å². The zero-order valence-electron chi connectivity index (χ0n) is 10.4. The van der Waals surface area contributed by atoms with Crippen molar-refractivity contribution >= 4 is 18.4 Å². The molecule has 2 aromatic carbocycles. The third-order valence-electron chi connectivity index (χ3n) is 4.52. The largest absolute Gasteiger partial charge is 0.382 e. The summed E-state index contributed by atoms with van der Waals surface area (Å²) in [5, 5.41) is 3.30. The highest BCUT2D eigenvalue weighted by molar-refractivity contribution is 7.05. The lowest BCUT2D eigenvalue weighted by Gasteiger charge is -2.33. The molecule has 1 nitrogen and oxygen atoms in total. The highest BCUT2D eigenvalue weighted by Crippen LogP contribution is 2.33. The molecule has 2 aliphatic heterocycles. The molecule has 90 valence electrons. The Hall–Kier alpha value is -1.38. The first-order valence-electron chi connectivity index (χ1n) is 6.69. The van der Waals surface area contributed by atoms with Crippen molar-refractivity contribution in [3.05, 3.63) is 48.5 Å². The first kappa shape index (κ1) is 10.5. The summed E-state index contributed by atoms with van der Waals surface area (Å²) in [5.41, 5.74) is 2.98. The van der Waals surface area contributed by atoms with Crippen molar-refractivity contribution in [2.75, 3.05) is 13.2 Å². The molecule has 4 rings (SSSR count). The van der Waals surface area contributed by atoms with E-state index < -0.39 is 8.07 Å². The SMILES string of the molecule is c1ccc2c(c1)-c1ccccc1[Si]21CCOCC1. The fraction of sp³-hybridized carbons (Fsp3) is 0.250. The van der Waals surface area contributed by atoms with Crippen LogP contribution in [0.3, 0.4) is 0 Å². The number of hydrogen-bond acceptors (Lipinski definition) is 1. The summed E-state index contributed by atoms with van der Waals surface area (Å²) in [6.07, 6.45) is 0. The molecule has 2 heteroatoms. The van der Waals surface area contributed by atoms with Crippen molar-refractivity contribution in [1.29, 1.82) is 0 Å². The van der Waals surface area contributed by atoms with E-state index in [1.807, 2.05) is 0 Å². The van der Waals surface area contributed by atoms with Gasteiger partial charge in [-0.1, -0.05) is 48.5 Å². The van der Waals surface area contributed by atoms with E-state index in [9.17, 15) is 0 Å². The molecule has 0 amide bonds. The summed E-state index contributed by atoms with van der Waals surface area (Å²) in [6, 6.07) is 20.6. The van der Waals surface area contributed by atoms with E-state index in [1.54, 1.807) is 10.4 Å². The summed E-state index contributed by atoms with van der Waals surface area (Å²) < 4.78 is 5.62. The monoisotopic (exact) mass is 252 g/mol. The number of ether oxygens (including phenoxy) is 1. The van der Waals surface area contributed by atoms with Gasteiger partial charge in [0.25, 0.3) is 0 Å². The molecule has 0 aliphatic carbocycles. The summed E-state index contributed by atoms with van der Waals surface area (Å²) in [5.74, 6) is 0. The molecule has 2 aliphatic rings. The first-order valence-corrected chi connectivity index (χ1v) is 9.10. The molecule has 0 aromatic heterocycles. The lowest BCUT2D eigenvalue weighted by molar-refractivity contribution is 0.150. The van der Waals surface area contributed by atoms with Gasteiger partial charge in [0.1, 0.15) is 8.07 Å². The average Bonchev–Trinajstić information content (AvgIpc) is 2.72. The van der Waals surface area contributed by atoms with Gasteiger partial charge < -0.3 is 4.74 Å². The standard InChI is InChI=1S/C16H16OSi/c1-3-7-15-13(5-1)14-6-2-4-8-16(14)18(15)11-9-17-10-12-18/h1-8H,9-12H2. The zero-order chi connectivity index (χ0) is 12.0. The summed E-state index contributed by atoms with van der Waals surface area (Å²) in [6.45, 7) is 1.88. The fourth-order valence-corrected chi connectivity index (χ4v) is 8.57. The third kappa shape index (κ3) is 1.25. The van der Waals surface area contributed by atoms with Crippen LogP contribution in [0.4, 0.5) is 0 Å². The minimum Gasteiger partial charge on any atom is -0.382 e. The van der Waals surface area contributed by atoms with E-state index in [4.69, 9.17) is 4.74 Å². The summed E-state index contributed by atoms with van der Waals surface area (Å²) in [7, 11) is -1.49. The second kappa shape index (κ2) is 3.80. The van der Waals surface area contributed by atoms with Gasteiger partial charge in [0.2, 0.25) is 0 Å². The van der Waals surface area contributed by atoms with Crippen LogP contribution >= 0.6 is 0 Å². The van der Waals surface area contributed by atoms with E-state index in [-0.39, 0.29) is 0 Å². The Morgan fingerprint density at radius 2 is 1.22 bits per heavy atom. The molecular formula is C16H16OSi. The average molecular weight is 252 g/mol. The Bertz CT molecular complexity index is 552. The second-order valence-electron chi connectivity index (χ2n) is 5.29. The van der Waals surface area contributed by atoms with E-state index in [2.05, 4.69) is 48.5 Å². The van der Waals surface area contributed by atoms with Crippen LogP contribution in [0.25, 0.3) is 11.1 Å². The van der Waals surface area contributed by atoms with Crippen LogP contribution in [0.2, 0.25) is 12.1 Å². The zero-order valence-corrected chi connectivity index (χ0v) is 11.4. The molecule has 1 spiro atoms. The molecule has 0 unspecified atom stereocenters. The Morgan fingerprint density at radius 3 is 1.78 bits per heavy atom. The van der Waals surface area contributed by atoms with Crippen molar-refractivity contribution in [3.8, 4) is 11.1 Å². The lowest BCUT2D eigenvalue weighted by Crippen LogP contribution is -2.58. The number of rotatable bonds is 0. The Morgan fingerprint density at radius 1 is 0.722 bits per heavy atom. The molecule has 1 saturated heterocycles. The van der Waals surface area contributed by atoms with Crippen LogP contribution in [0.5, 0.6) is 0 Å². The summed E-state index contributed by atoms with van der Waals surface area (Å²) >= 11 is 0. The smallest absolute Gasteiger partial charge is 0.124 e. The van der Waals surface area contributed by atoms with Gasteiger partial charge in [0.05, 0.1) is 0 Å². The molecule has 0 N–H and O–H groups in total. The van der Waals surface area contributed by atoms with Gasteiger partial charge in [0, 0.05) is 13.2 Å². The normalized spacial score (nSPS) is 19.6. The number of benzene rings is 2. The highest BCUT2D eigenvalue weighted by Gasteiger charge is 2.45. The molecule has 1 fully saturated rings. The number of hydrogen-bond donors (Lipinski definition) is 0. The predicted octanol–water partition coefficient (Wildman–Crippen LogP) is 2.26. The van der Waals surface area contributed by atoms with E-state index in [0.29, 0.717) is 0 Å². The van der Waals surface area contributed by atoms with Crippen molar-refractivity contribution < 1.29 is 4.74 Å². The van der Waals surface area contributed by atoms with E-state index in [1.165, 1.54) is 23.2 Å². The van der Waals surface area contributed by atoms with Gasteiger partial charge >= 0.3 is 0 Å². The van der Waals surface area contributed by atoms with Crippen LogP contribution in [0.15, 0.2) is 48.5 Å². The molecule has 18 heavy (non-hydrogen) atoms. The topological polar surface area (TPSA) is 9.23 Å². The van der Waals surface area contributed by atoms with Crippen molar-refractivity contribution in [3.63, 3.8) is 0 Å². The van der Waals surface area contributed by atoms with Crippen LogP contribution in [0.1, 0.15) is 0 Å². The van der Waals surface area contributed by atoms with E-state index >= 15 is 0 Å². The molecular weight excluding hydrogens is 236 g/mol. The molecule has 0 saturated carbocycles. The van der Waals surface area contributed by atoms with E-state index in [0.717, 1.165) is 13.2 Å². The maximum atomic E-state index is 5.62. The highest BCUT2D eigenvalue weighted by atomic mass is 28.3. The van der Waals surface area contributed by atoms with Gasteiger partial charge in [0.15, 0.2) is 0 Å². The van der Waals surface area contributed by atoms with Gasteiger partial charge in [-0.15, -0.1) is 0 Å². The minimum atomic E-state index is -1.49. The summed E-state index contributed by atoms with van der Waals surface area (Å²) in [4.78, 5) is 0. The van der Waals surface area contributed by atoms with Gasteiger partial charge in [-0.25, -0.2) is 0 Å². The van der Waals surface area contributed by atoms with Crippen molar-refractivity contribution in [2.24, 2.45) is 0 Å². The maximum absolute atomic E-state index is 5.62. The number of fused-ring (bicyclic) bond motifs is 5. The molecule has 2 aromatic rings. The molecule has 2 heterocycles. The maximum Gasteiger partial charge on any atom is 0.124 e. The second-order valence-corrected chi connectivity index (χ2v) is 9.53. The van der Waals surface area contributed by atoms with Crippen molar-refractivity contribution in [2.45, 2.75) is 12.1 Å². The lowest BCUT2D eigenvalue weighted by atomic mass is 10.1. The van der Waals surface area contributed by atoms with Gasteiger partial charge in [-0.2, -0.15) is 0 Å². The molecule has 0 atom stereocenters. The van der Waals surface area contributed by atoms with Crippen LogP contribution in [-0.4, -0.2) is 21.3 Å². The predicted molar refractivity (Wildman–Crippen MR) is 77.3 cm³/mol. The van der Waals surface area contributed by atoms with Gasteiger partial charge in [-0.05, 0) is 33.6 Å². The fourth-order valence-electron chi connectivity index (χ4n) is 3.67. The Balaban J connectivity index is 2.03. The van der Waals surface area contributed by atoms with Crippen LogP contribution in [0, 0.1) is 0 Å². The minimum absolute atomic E-state index is 0.939.